The van der Waals surface area contributed by atoms with Crippen molar-refractivity contribution in [2.75, 3.05) is 22.3 Å². The number of carbonyl (C=O) groups is 1. The first kappa shape index (κ1) is 26.1. The summed E-state index contributed by atoms with van der Waals surface area (Å²) in [4.78, 5) is 22.8. The van der Waals surface area contributed by atoms with E-state index in [0.717, 1.165) is 12.6 Å². The van der Waals surface area contributed by atoms with Gasteiger partial charge < -0.3 is 14.0 Å². The van der Waals surface area contributed by atoms with Crippen LogP contribution in [0.15, 0.2) is 30.9 Å². The van der Waals surface area contributed by atoms with Gasteiger partial charge in [-0.05, 0) is 30.9 Å². The molecule has 0 N–H and O–H groups in total. The van der Waals surface area contributed by atoms with Crippen LogP contribution in [-0.2, 0) is 28.8 Å². The summed E-state index contributed by atoms with van der Waals surface area (Å²) in [6.45, 7) is 5.89. The van der Waals surface area contributed by atoms with Gasteiger partial charge >= 0.3 is 6.18 Å². The number of imidazole rings is 1. The van der Waals surface area contributed by atoms with Crippen molar-refractivity contribution >= 4 is 41.2 Å². The number of nitrogens with zero attached hydrogens (tertiary/aromatic N) is 5. The van der Waals surface area contributed by atoms with Crippen molar-refractivity contribution in [2.24, 2.45) is 11.8 Å². The summed E-state index contributed by atoms with van der Waals surface area (Å²) in [6.07, 6.45) is 0.597. The van der Waals surface area contributed by atoms with Gasteiger partial charge in [0.1, 0.15) is 11.6 Å². The van der Waals surface area contributed by atoms with Gasteiger partial charge in [0.25, 0.3) is 0 Å². The zero-order valence-corrected chi connectivity index (χ0v) is 19.1. The second kappa shape index (κ2) is 10.6. The van der Waals surface area contributed by atoms with Gasteiger partial charge in [0.15, 0.2) is 0 Å². The van der Waals surface area contributed by atoms with E-state index in [2.05, 4.69) is 23.8 Å². The van der Waals surface area contributed by atoms with E-state index < -0.39 is 34.8 Å². The number of carbonyl (C=O) groups excluding carboxylic acids is 1. The second-order valence-corrected chi connectivity index (χ2v) is 8.66. The van der Waals surface area contributed by atoms with Gasteiger partial charge in [-0.25, -0.2) is 14.3 Å². The number of hydrogen-bond acceptors (Lipinski definition) is 6. The quantitative estimate of drug-likeness (QED) is 0.571. The summed E-state index contributed by atoms with van der Waals surface area (Å²) < 4.78 is 64.1. The summed E-state index contributed by atoms with van der Waals surface area (Å²) >= 11 is -3.02. The van der Waals surface area contributed by atoms with Crippen molar-refractivity contribution in [1.29, 1.82) is 0 Å². The Labute approximate surface area is 192 Å². The minimum Gasteiger partial charge on any atom is -0.755 e. The van der Waals surface area contributed by atoms with Crippen LogP contribution in [-0.4, -0.2) is 42.3 Å². The van der Waals surface area contributed by atoms with Crippen LogP contribution < -0.4 is 9.21 Å². The van der Waals surface area contributed by atoms with E-state index in [1.165, 1.54) is 0 Å². The summed E-state index contributed by atoms with van der Waals surface area (Å²) in [6, 6.07) is 1.58. The molecule has 1 aliphatic rings. The van der Waals surface area contributed by atoms with Gasteiger partial charge in [0, 0.05) is 32.0 Å². The Balaban J connectivity index is 0.00000363. The number of halogens is 4. The number of rotatable bonds is 6. The van der Waals surface area contributed by atoms with Crippen molar-refractivity contribution in [3.05, 3.63) is 36.4 Å². The number of piperidine rings is 1. The summed E-state index contributed by atoms with van der Waals surface area (Å²) in [7, 11) is 0. The minimum atomic E-state index is -4.61. The minimum absolute atomic E-state index is 0. The van der Waals surface area contributed by atoms with E-state index in [9.17, 15) is 26.7 Å². The van der Waals surface area contributed by atoms with Crippen LogP contribution in [0.3, 0.4) is 0 Å². The fraction of sp³-hybridized carbons (Fsp3) is 0.526. The monoisotopic (exact) mass is 494 g/mol. The molecule has 1 fully saturated rings. The topological polar surface area (TPSA) is 94.4 Å². The molecule has 3 heterocycles. The summed E-state index contributed by atoms with van der Waals surface area (Å²) in [5.74, 6) is -0.627. The summed E-state index contributed by atoms with van der Waals surface area (Å²) in [5, 5.41) is 0. The first-order chi connectivity index (χ1) is 14.6. The number of amides is 1. The molecule has 1 saturated heterocycles. The van der Waals surface area contributed by atoms with Crippen LogP contribution in [0.4, 0.5) is 24.8 Å². The zero-order valence-electron chi connectivity index (χ0n) is 17.5. The number of hydrogen-bond donors (Lipinski definition) is 0. The second-order valence-electron chi connectivity index (χ2n) is 7.86. The number of anilines is 2. The number of aromatic nitrogens is 3. The van der Waals surface area contributed by atoms with Crippen molar-refractivity contribution in [2.45, 2.75) is 39.4 Å². The van der Waals surface area contributed by atoms with Crippen LogP contribution in [0.1, 0.15) is 32.3 Å². The molecule has 1 unspecified atom stereocenters. The first-order valence-electron chi connectivity index (χ1n) is 9.79. The molecule has 0 aliphatic carbocycles. The first-order valence-corrected chi connectivity index (χ1v) is 10.8. The fourth-order valence-corrected chi connectivity index (χ4v) is 4.08. The van der Waals surface area contributed by atoms with Crippen LogP contribution in [0.5, 0.6) is 0 Å². The predicted octanol–water partition coefficient (Wildman–Crippen LogP) is 3.42. The lowest BCUT2D eigenvalue weighted by Gasteiger charge is -2.35. The highest BCUT2D eigenvalue weighted by molar-refractivity contribution is 7.81. The maximum absolute atomic E-state index is 13.0. The Morgan fingerprint density at radius 2 is 2.06 bits per heavy atom. The van der Waals surface area contributed by atoms with Crippen LogP contribution in [0.25, 0.3) is 0 Å². The Morgan fingerprint density at radius 3 is 2.62 bits per heavy atom. The fourth-order valence-electron chi connectivity index (χ4n) is 3.52. The number of alkyl halides is 3. The SMILES string of the molecule is CC(C)Cn1cnc(N2CCC[C@@H](C(=O)N(c3ccc(C(F)(F)F)cn3)S(=O)[O-])C2)c1.Cl. The van der Waals surface area contributed by atoms with Crippen molar-refractivity contribution in [3.63, 3.8) is 0 Å². The third-order valence-electron chi connectivity index (χ3n) is 4.92. The normalized spacial score (nSPS) is 17.7. The third-order valence-corrected chi connectivity index (χ3v) is 5.59. The Kier molecular flexibility index (Phi) is 8.66. The molecule has 0 radical (unpaired) electrons. The molecule has 0 aromatic carbocycles. The standard InChI is InChI=1S/C19H24F3N5O3S.ClH/c1-13(2)9-25-11-17(24-12-25)26-7-3-4-14(10-26)18(28)27(31(29)30)16-6-5-15(8-23-16)19(20,21)22;/h5-6,8,11-14H,3-4,7,9-10H2,1-2H3,(H,29,30);1H/p-1/t14-;/m1./s1. The molecule has 2 aromatic rings. The molecule has 178 valence electrons. The average molecular weight is 495 g/mol. The van der Waals surface area contributed by atoms with Crippen molar-refractivity contribution in [1.82, 2.24) is 14.5 Å². The van der Waals surface area contributed by atoms with Crippen molar-refractivity contribution in [3.8, 4) is 0 Å². The molecule has 1 amide bonds. The Morgan fingerprint density at radius 1 is 1.34 bits per heavy atom. The van der Waals surface area contributed by atoms with Crippen LogP contribution in [0, 0.1) is 11.8 Å². The molecule has 0 saturated carbocycles. The highest BCUT2D eigenvalue weighted by Crippen LogP contribution is 2.30. The third kappa shape index (κ3) is 6.20. The van der Waals surface area contributed by atoms with Gasteiger partial charge in [-0.3, -0.25) is 9.00 Å². The Hall–Kier alpha value is -2.18. The van der Waals surface area contributed by atoms with E-state index in [1.54, 1.807) is 6.33 Å². The summed E-state index contributed by atoms with van der Waals surface area (Å²) in [5.41, 5.74) is -1.03. The van der Waals surface area contributed by atoms with E-state index in [4.69, 9.17) is 0 Å². The van der Waals surface area contributed by atoms with Gasteiger partial charge in [-0.15, -0.1) is 12.4 Å². The Bertz CT molecular complexity index is 939. The highest BCUT2D eigenvalue weighted by Gasteiger charge is 2.34. The predicted molar refractivity (Wildman–Crippen MR) is 115 cm³/mol. The molecule has 2 atom stereocenters. The molecule has 8 nitrogen and oxygen atoms in total. The highest BCUT2D eigenvalue weighted by atomic mass is 35.5. The number of pyridine rings is 1. The van der Waals surface area contributed by atoms with Gasteiger partial charge in [0.2, 0.25) is 5.91 Å². The largest absolute Gasteiger partial charge is 0.755 e. The molecule has 2 aromatic heterocycles. The molecule has 0 bridgehead atoms. The van der Waals surface area contributed by atoms with Crippen LogP contribution >= 0.6 is 12.4 Å². The lowest BCUT2D eigenvalue weighted by Crippen LogP contribution is -2.46. The van der Waals surface area contributed by atoms with E-state index in [1.807, 2.05) is 15.7 Å². The molecular formula is C19H24ClF3N5O3S-. The molecule has 13 heteroatoms. The van der Waals surface area contributed by atoms with Crippen LogP contribution in [0.2, 0.25) is 0 Å². The van der Waals surface area contributed by atoms with E-state index in [0.29, 0.717) is 47.7 Å². The van der Waals surface area contributed by atoms with Gasteiger partial charge in [-0.2, -0.15) is 13.2 Å². The maximum atomic E-state index is 13.0. The lowest BCUT2D eigenvalue weighted by atomic mass is 9.97. The molecule has 1 aliphatic heterocycles. The molecule has 3 rings (SSSR count). The molecular weight excluding hydrogens is 471 g/mol. The molecule has 32 heavy (non-hydrogen) atoms. The van der Waals surface area contributed by atoms with E-state index >= 15 is 0 Å². The van der Waals surface area contributed by atoms with Gasteiger partial charge in [0.05, 0.1) is 29.1 Å². The average Bonchev–Trinajstić information content (AvgIpc) is 3.15. The lowest BCUT2D eigenvalue weighted by molar-refractivity contribution is -0.137. The van der Waals surface area contributed by atoms with Crippen molar-refractivity contribution < 1.29 is 26.7 Å². The van der Waals surface area contributed by atoms with E-state index in [-0.39, 0.29) is 24.8 Å². The molecule has 0 spiro atoms. The maximum Gasteiger partial charge on any atom is 0.417 e. The van der Waals surface area contributed by atoms with Gasteiger partial charge in [-0.1, -0.05) is 13.8 Å². The smallest absolute Gasteiger partial charge is 0.417 e. The zero-order chi connectivity index (χ0) is 22.8.